The van der Waals surface area contributed by atoms with E-state index in [-0.39, 0.29) is 12.0 Å². The van der Waals surface area contributed by atoms with Gasteiger partial charge in [-0.2, -0.15) is 0 Å². The van der Waals surface area contributed by atoms with E-state index in [9.17, 15) is 19.5 Å². The van der Waals surface area contributed by atoms with Crippen molar-refractivity contribution in [3.63, 3.8) is 0 Å². The number of carboxylic acids is 1. The lowest BCUT2D eigenvalue weighted by Crippen LogP contribution is -2.42. The number of nitrogens with one attached hydrogen (secondary N) is 1. The maximum absolute atomic E-state index is 12.7. The van der Waals surface area contributed by atoms with E-state index >= 15 is 0 Å². The molecule has 9 nitrogen and oxygen atoms in total. The molecule has 3 aromatic carbocycles. The maximum Gasteiger partial charge on any atom is 0.343 e. The van der Waals surface area contributed by atoms with Crippen molar-refractivity contribution in [2.45, 2.75) is 51.5 Å². The summed E-state index contributed by atoms with van der Waals surface area (Å²) in [6, 6.07) is 16.7. The molecule has 218 valence electrons. The number of methoxy groups -OCH3 is 2. The van der Waals surface area contributed by atoms with Crippen LogP contribution in [0.3, 0.4) is 0 Å². The lowest BCUT2D eigenvalue weighted by atomic mass is 10.0. The first-order chi connectivity index (χ1) is 19.8. The molecule has 0 bridgehead atoms. The molecule has 0 aliphatic carbocycles. The lowest BCUT2D eigenvalue weighted by Gasteiger charge is -2.16. The summed E-state index contributed by atoms with van der Waals surface area (Å²) in [6.45, 7) is 2.82. The third-order valence-corrected chi connectivity index (χ3v) is 6.43. The van der Waals surface area contributed by atoms with E-state index in [1.165, 1.54) is 45.6 Å². The molecule has 0 heterocycles. The van der Waals surface area contributed by atoms with Gasteiger partial charge in [-0.3, -0.25) is 4.79 Å². The molecule has 9 heteroatoms. The van der Waals surface area contributed by atoms with Crippen molar-refractivity contribution in [1.82, 2.24) is 5.32 Å². The second-order valence-corrected chi connectivity index (χ2v) is 9.46. The number of amides is 1. The summed E-state index contributed by atoms with van der Waals surface area (Å²) in [5.41, 5.74) is 1.26. The number of benzene rings is 3. The summed E-state index contributed by atoms with van der Waals surface area (Å²) < 4.78 is 21.6. The molecule has 3 rings (SSSR count). The number of carboxylic acid groups (broad SMARTS) is 1. The van der Waals surface area contributed by atoms with Gasteiger partial charge in [-0.05, 0) is 66.6 Å². The second kappa shape index (κ2) is 15.9. The molecule has 2 N–H and O–H groups in total. The zero-order valence-electron chi connectivity index (χ0n) is 23.7. The van der Waals surface area contributed by atoms with Crippen molar-refractivity contribution < 1.29 is 38.4 Å². The molecular formula is C32H37NO8. The van der Waals surface area contributed by atoms with Gasteiger partial charge in [0.25, 0.3) is 5.91 Å². The number of rotatable bonds is 16. The molecule has 0 aromatic heterocycles. The monoisotopic (exact) mass is 563 g/mol. The highest BCUT2D eigenvalue weighted by Crippen LogP contribution is 2.27. The number of hydrogen-bond donors (Lipinski definition) is 2. The third kappa shape index (κ3) is 9.56. The molecule has 0 fully saturated rings. The number of carbonyl (C=O) groups excluding carboxylic acids is 2. The van der Waals surface area contributed by atoms with Gasteiger partial charge in [0.1, 0.15) is 17.5 Å². The van der Waals surface area contributed by atoms with Gasteiger partial charge < -0.3 is 29.4 Å². The predicted molar refractivity (Wildman–Crippen MR) is 154 cm³/mol. The molecule has 1 amide bonds. The minimum Gasteiger partial charge on any atom is -0.494 e. The SMILES string of the molecule is CCCCCCCOc1ccc(C(=O)Oc2ccc(CC(NC(=O)c3ccc(OC)c(OC)c3)C(=O)O)cc2)cc1. The molecule has 0 saturated carbocycles. The minimum atomic E-state index is -1.18. The highest BCUT2D eigenvalue weighted by molar-refractivity contribution is 5.97. The first-order valence-electron chi connectivity index (χ1n) is 13.6. The molecular weight excluding hydrogens is 526 g/mol. The second-order valence-electron chi connectivity index (χ2n) is 9.46. The summed E-state index contributed by atoms with van der Waals surface area (Å²) in [7, 11) is 2.93. The van der Waals surface area contributed by atoms with Crippen molar-refractivity contribution in [3.8, 4) is 23.0 Å². The van der Waals surface area contributed by atoms with E-state index in [1.54, 1.807) is 54.6 Å². The van der Waals surface area contributed by atoms with Crippen molar-refractivity contribution in [1.29, 1.82) is 0 Å². The minimum absolute atomic E-state index is 0.0304. The van der Waals surface area contributed by atoms with Crippen LogP contribution in [0.25, 0.3) is 0 Å². The largest absolute Gasteiger partial charge is 0.494 e. The molecule has 0 saturated heterocycles. The molecule has 0 aliphatic rings. The number of ether oxygens (including phenoxy) is 4. The summed E-state index contributed by atoms with van der Waals surface area (Å²) >= 11 is 0. The van der Waals surface area contributed by atoms with Gasteiger partial charge in [-0.25, -0.2) is 9.59 Å². The number of hydrogen-bond acceptors (Lipinski definition) is 7. The first kappa shape index (κ1) is 31.0. The van der Waals surface area contributed by atoms with Crippen LogP contribution in [0, 0.1) is 0 Å². The quantitative estimate of drug-likeness (QED) is 0.129. The van der Waals surface area contributed by atoms with Gasteiger partial charge >= 0.3 is 11.9 Å². The number of esters is 1. The summed E-state index contributed by atoms with van der Waals surface area (Å²) in [6.07, 6.45) is 5.82. The Morgan fingerprint density at radius 1 is 0.780 bits per heavy atom. The van der Waals surface area contributed by atoms with Crippen LogP contribution in [0.4, 0.5) is 0 Å². The average Bonchev–Trinajstić information content (AvgIpc) is 2.99. The average molecular weight is 564 g/mol. The van der Waals surface area contributed by atoms with Gasteiger partial charge in [0.2, 0.25) is 0 Å². The molecule has 1 atom stereocenters. The van der Waals surface area contributed by atoms with E-state index in [1.807, 2.05) is 0 Å². The Hall–Kier alpha value is -4.53. The molecule has 0 aliphatic heterocycles. The zero-order chi connectivity index (χ0) is 29.6. The van der Waals surface area contributed by atoms with Crippen LogP contribution in [0.2, 0.25) is 0 Å². The molecule has 41 heavy (non-hydrogen) atoms. The Morgan fingerprint density at radius 3 is 2.05 bits per heavy atom. The molecule has 0 spiro atoms. The van der Waals surface area contributed by atoms with Gasteiger partial charge in [0.05, 0.1) is 26.4 Å². The Balaban J connectivity index is 1.53. The standard InChI is InChI=1S/C32H37NO8/c1-4-5-6-7-8-19-40-25-16-11-23(12-17-25)32(37)41-26-14-9-22(10-15-26)20-27(31(35)36)33-30(34)24-13-18-28(38-2)29(21-24)39-3/h9-18,21,27H,4-8,19-20H2,1-3H3,(H,33,34)(H,35,36). The van der Waals surface area contributed by atoms with Crippen LogP contribution in [0.15, 0.2) is 66.7 Å². The maximum atomic E-state index is 12.7. The fraction of sp³-hybridized carbons (Fsp3) is 0.344. The number of carbonyl (C=O) groups is 3. The fourth-order valence-electron chi connectivity index (χ4n) is 4.10. The zero-order valence-corrected chi connectivity index (χ0v) is 23.7. The Labute approximate surface area is 240 Å². The highest BCUT2D eigenvalue weighted by Gasteiger charge is 2.22. The summed E-state index contributed by atoms with van der Waals surface area (Å²) in [4.78, 5) is 37.1. The topological polar surface area (TPSA) is 120 Å². The summed E-state index contributed by atoms with van der Waals surface area (Å²) in [5, 5.41) is 12.2. The van der Waals surface area contributed by atoms with Gasteiger partial charge in [-0.15, -0.1) is 0 Å². The number of unbranched alkanes of at least 4 members (excludes halogenated alkanes) is 4. The van der Waals surface area contributed by atoms with Crippen LogP contribution in [-0.2, 0) is 11.2 Å². The highest BCUT2D eigenvalue weighted by atomic mass is 16.5. The number of aliphatic carboxylic acids is 1. The Morgan fingerprint density at radius 2 is 1.41 bits per heavy atom. The van der Waals surface area contributed by atoms with Crippen LogP contribution >= 0.6 is 0 Å². The van der Waals surface area contributed by atoms with E-state index in [4.69, 9.17) is 18.9 Å². The van der Waals surface area contributed by atoms with Crippen molar-refractivity contribution in [2.24, 2.45) is 0 Å². The third-order valence-electron chi connectivity index (χ3n) is 6.43. The Kier molecular flexibility index (Phi) is 12.0. The van der Waals surface area contributed by atoms with E-state index in [0.717, 1.165) is 12.8 Å². The lowest BCUT2D eigenvalue weighted by molar-refractivity contribution is -0.139. The summed E-state index contributed by atoms with van der Waals surface area (Å²) in [5.74, 6) is -0.441. The van der Waals surface area contributed by atoms with Crippen molar-refractivity contribution in [2.75, 3.05) is 20.8 Å². The fourth-order valence-corrected chi connectivity index (χ4v) is 4.10. The van der Waals surface area contributed by atoms with Gasteiger partial charge in [-0.1, -0.05) is 44.7 Å². The molecule has 1 unspecified atom stereocenters. The van der Waals surface area contributed by atoms with Crippen LogP contribution < -0.4 is 24.3 Å². The van der Waals surface area contributed by atoms with E-state index < -0.39 is 23.9 Å². The van der Waals surface area contributed by atoms with Crippen molar-refractivity contribution >= 4 is 17.8 Å². The van der Waals surface area contributed by atoms with Crippen LogP contribution in [0.1, 0.15) is 65.3 Å². The smallest absolute Gasteiger partial charge is 0.343 e. The predicted octanol–water partition coefficient (Wildman–Crippen LogP) is 5.70. The van der Waals surface area contributed by atoms with Crippen LogP contribution in [-0.4, -0.2) is 49.8 Å². The van der Waals surface area contributed by atoms with Crippen molar-refractivity contribution in [3.05, 3.63) is 83.4 Å². The van der Waals surface area contributed by atoms with Crippen LogP contribution in [0.5, 0.6) is 23.0 Å². The first-order valence-corrected chi connectivity index (χ1v) is 13.6. The van der Waals surface area contributed by atoms with Gasteiger partial charge in [0.15, 0.2) is 11.5 Å². The molecule has 3 aromatic rings. The normalized spacial score (nSPS) is 11.3. The van der Waals surface area contributed by atoms with E-state index in [0.29, 0.717) is 40.7 Å². The molecule has 0 radical (unpaired) electrons. The Bertz CT molecular complexity index is 1290. The van der Waals surface area contributed by atoms with E-state index in [2.05, 4.69) is 12.2 Å². The van der Waals surface area contributed by atoms with Gasteiger partial charge in [0, 0.05) is 12.0 Å².